The molecule has 0 radical (unpaired) electrons. The lowest BCUT2D eigenvalue weighted by atomic mass is 9.92. The van der Waals surface area contributed by atoms with Crippen LogP contribution in [0, 0.1) is 5.82 Å². The molecule has 0 atom stereocenters. The predicted molar refractivity (Wildman–Crippen MR) is 109 cm³/mol. The second-order valence-electron chi connectivity index (χ2n) is 7.01. The zero-order valence-corrected chi connectivity index (χ0v) is 17.1. The number of amides is 1. The number of carbonyl (C=O) groups excluding carboxylic acids is 1. The molecule has 1 fully saturated rings. The Morgan fingerprint density at radius 2 is 2.14 bits per heavy atom. The van der Waals surface area contributed by atoms with Gasteiger partial charge >= 0.3 is 0 Å². The molecule has 6 nitrogen and oxygen atoms in total. The fourth-order valence-electron chi connectivity index (χ4n) is 3.07. The highest BCUT2D eigenvalue weighted by Gasteiger charge is 2.30. The Bertz CT molecular complexity index is 865. The van der Waals surface area contributed by atoms with Crippen molar-refractivity contribution in [3.8, 4) is 11.3 Å². The number of aryl methyl sites for hydroxylation is 1. The smallest absolute Gasteiger partial charge is 0.250 e. The number of nitrogens with zero attached hydrogens (tertiary/aromatic N) is 2. The molecule has 1 aromatic heterocycles. The molecule has 29 heavy (non-hydrogen) atoms. The molecule has 1 heterocycles. The number of rotatable bonds is 10. The van der Waals surface area contributed by atoms with Gasteiger partial charge in [-0.1, -0.05) is 24.2 Å². The number of ether oxygens (including phenoxy) is 2. The van der Waals surface area contributed by atoms with Gasteiger partial charge in [0.2, 0.25) is 5.91 Å². The molecule has 0 bridgehead atoms. The van der Waals surface area contributed by atoms with E-state index in [4.69, 9.17) is 21.1 Å². The van der Waals surface area contributed by atoms with Crippen LogP contribution < -0.4 is 5.32 Å². The number of allylic oxidation sites excluding steroid dienone is 1. The van der Waals surface area contributed by atoms with Gasteiger partial charge in [-0.25, -0.2) is 9.37 Å². The summed E-state index contributed by atoms with van der Waals surface area (Å²) in [4.78, 5) is 16.3. The molecule has 156 valence electrons. The fraction of sp³-hybridized carbons (Fsp3) is 0.429. The standard InChI is InChI=1S/C21H25ClFN3O3/c1-3-28-16-9-17(10-16)29-12-21(27)25-14(2)6-7-26-11-20(24-13-26)15-4-5-18(22)19(23)8-15/h4-5,8,11,13,16-17H,2-3,6-7,9-10,12H2,1H3,(H,25,27). The molecule has 1 aromatic carbocycles. The molecule has 3 rings (SSSR count). The van der Waals surface area contributed by atoms with Gasteiger partial charge in [0.25, 0.3) is 0 Å². The van der Waals surface area contributed by atoms with Crippen molar-refractivity contribution < 1.29 is 18.7 Å². The SMILES string of the molecule is C=C(CCn1cnc(-c2ccc(Cl)c(F)c2)c1)NC(=O)COC1CC(OCC)C1. The van der Waals surface area contributed by atoms with Gasteiger partial charge in [-0.2, -0.15) is 0 Å². The number of nitrogens with one attached hydrogen (secondary N) is 1. The van der Waals surface area contributed by atoms with Crippen LogP contribution >= 0.6 is 11.6 Å². The lowest BCUT2D eigenvalue weighted by Gasteiger charge is -2.34. The largest absolute Gasteiger partial charge is 0.378 e. The highest BCUT2D eigenvalue weighted by Crippen LogP contribution is 2.26. The van der Waals surface area contributed by atoms with Gasteiger partial charge in [0.15, 0.2) is 0 Å². The zero-order valence-electron chi connectivity index (χ0n) is 16.4. The van der Waals surface area contributed by atoms with Crippen molar-refractivity contribution in [2.75, 3.05) is 13.2 Å². The summed E-state index contributed by atoms with van der Waals surface area (Å²) >= 11 is 5.71. The molecular formula is C21H25ClFN3O3. The molecule has 1 saturated carbocycles. The minimum absolute atomic E-state index is 0.0138. The van der Waals surface area contributed by atoms with E-state index in [-0.39, 0.29) is 29.7 Å². The van der Waals surface area contributed by atoms with E-state index in [2.05, 4.69) is 16.9 Å². The van der Waals surface area contributed by atoms with E-state index in [1.807, 2.05) is 17.7 Å². The minimum atomic E-state index is -0.479. The third-order valence-electron chi connectivity index (χ3n) is 4.74. The van der Waals surface area contributed by atoms with Gasteiger partial charge in [-0.15, -0.1) is 0 Å². The quantitative estimate of drug-likeness (QED) is 0.631. The Hall–Kier alpha value is -2.22. The molecule has 8 heteroatoms. The number of hydrogen-bond acceptors (Lipinski definition) is 4. The van der Waals surface area contributed by atoms with E-state index in [0.29, 0.717) is 36.5 Å². The van der Waals surface area contributed by atoms with Gasteiger partial charge < -0.3 is 19.4 Å². The summed E-state index contributed by atoms with van der Waals surface area (Å²) in [7, 11) is 0. The Morgan fingerprint density at radius 3 is 2.86 bits per heavy atom. The van der Waals surface area contributed by atoms with Crippen LogP contribution in [0.5, 0.6) is 0 Å². The fourth-order valence-corrected chi connectivity index (χ4v) is 3.18. The number of carbonyl (C=O) groups is 1. The number of imidazole rings is 1. The zero-order chi connectivity index (χ0) is 20.8. The van der Waals surface area contributed by atoms with Crippen molar-refractivity contribution in [1.29, 1.82) is 0 Å². The monoisotopic (exact) mass is 421 g/mol. The van der Waals surface area contributed by atoms with E-state index in [9.17, 15) is 9.18 Å². The lowest BCUT2D eigenvalue weighted by molar-refractivity contribution is -0.136. The molecule has 1 aliphatic rings. The topological polar surface area (TPSA) is 65.4 Å². The van der Waals surface area contributed by atoms with Crippen LogP contribution in [0.2, 0.25) is 5.02 Å². The van der Waals surface area contributed by atoms with Crippen molar-refractivity contribution in [1.82, 2.24) is 14.9 Å². The highest BCUT2D eigenvalue weighted by atomic mass is 35.5. The molecule has 1 amide bonds. The first-order chi connectivity index (χ1) is 13.9. The second-order valence-corrected chi connectivity index (χ2v) is 7.42. The number of halogens is 2. The van der Waals surface area contributed by atoms with Gasteiger partial charge in [0, 0.05) is 37.0 Å². The molecule has 2 aromatic rings. The van der Waals surface area contributed by atoms with Gasteiger partial charge in [-0.3, -0.25) is 4.79 Å². The molecule has 0 spiro atoms. The number of aromatic nitrogens is 2. The second kappa shape index (κ2) is 10.0. The predicted octanol–water partition coefficient (Wildman–Crippen LogP) is 3.95. The van der Waals surface area contributed by atoms with Crippen molar-refractivity contribution in [2.24, 2.45) is 0 Å². The number of benzene rings is 1. The Kier molecular flexibility index (Phi) is 7.41. The lowest BCUT2D eigenvalue weighted by Crippen LogP contribution is -2.39. The third kappa shape index (κ3) is 6.13. The average molecular weight is 422 g/mol. The summed E-state index contributed by atoms with van der Waals surface area (Å²) < 4.78 is 26.5. The van der Waals surface area contributed by atoms with Crippen LogP contribution in [0.3, 0.4) is 0 Å². The van der Waals surface area contributed by atoms with Crippen molar-refractivity contribution in [2.45, 2.75) is 44.9 Å². The van der Waals surface area contributed by atoms with Crippen LogP contribution in [0.4, 0.5) is 4.39 Å². The Labute approximate surface area is 174 Å². The summed E-state index contributed by atoms with van der Waals surface area (Å²) in [6.07, 6.45) is 6.04. The molecule has 0 saturated heterocycles. The molecule has 1 aliphatic carbocycles. The minimum Gasteiger partial charge on any atom is -0.378 e. The van der Waals surface area contributed by atoms with E-state index < -0.39 is 5.82 Å². The summed E-state index contributed by atoms with van der Waals surface area (Å²) in [5.74, 6) is -0.690. The van der Waals surface area contributed by atoms with Crippen LogP contribution in [0.25, 0.3) is 11.3 Å². The van der Waals surface area contributed by atoms with Crippen molar-refractivity contribution in [3.63, 3.8) is 0 Å². The molecule has 0 aliphatic heterocycles. The van der Waals surface area contributed by atoms with E-state index in [1.54, 1.807) is 12.4 Å². The Morgan fingerprint density at radius 1 is 1.38 bits per heavy atom. The van der Waals surface area contributed by atoms with Crippen LogP contribution in [-0.2, 0) is 20.8 Å². The van der Waals surface area contributed by atoms with Gasteiger partial charge in [0.1, 0.15) is 12.4 Å². The third-order valence-corrected chi connectivity index (χ3v) is 5.05. The number of hydrogen-bond donors (Lipinski definition) is 1. The summed E-state index contributed by atoms with van der Waals surface area (Å²) in [6, 6.07) is 4.58. The first-order valence-corrected chi connectivity index (χ1v) is 10.0. The van der Waals surface area contributed by atoms with Crippen molar-refractivity contribution >= 4 is 17.5 Å². The van der Waals surface area contributed by atoms with Crippen LogP contribution in [0.15, 0.2) is 43.0 Å². The van der Waals surface area contributed by atoms with Gasteiger partial charge in [-0.05, 0) is 31.9 Å². The van der Waals surface area contributed by atoms with Crippen LogP contribution in [-0.4, -0.2) is 40.9 Å². The maximum Gasteiger partial charge on any atom is 0.250 e. The maximum atomic E-state index is 13.6. The average Bonchev–Trinajstić information content (AvgIpc) is 3.13. The van der Waals surface area contributed by atoms with Crippen LogP contribution in [0.1, 0.15) is 26.2 Å². The summed E-state index contributed by atoms with van der Waals surface area (Å²) in [6.45, 7) is 7.16. The van der Waals surface area contributed by atoms with Gasteiger partial charge in [0.05, 0.1) is 29.3 Å². The van der Waals surface area contributed by atoms with E-state index in [0.717, 1.165) is 12.8 Å². The normalized spacial score (nSPS) is 18.3. The van der Waals surface area contributed by atoms with Crippen molar-refractivity contribution in [3.05, 3.63) is 53.8 Å². The molecule has 0 unspecified atom stereocenters. The summed E-state index contributed by atoms with van der Waals surface area (Å²) in [5, 5.41) is 2.83. The maximum absolute atomic E-state index is 13.6. The highest BCUT2D eigenvalue weighted by molar-refractivity contribution is 6.30. The first-order valence-electron chi connectivity index (χ1n) is 9.62. The molecule has 1 N–H and O–H groups in total. The van der Waals surface area contributed by atoms with E-state index in [1.165, 1.54) is 12.1 Å². The molecular weight excluding hydrogens is 397 g/mol. The summed E-state index contributed by atoms with van der Waals surface area (Å²) in [5.41, 5.74) is 1.90. The first kappa shape index (κ1) is 21.5. The Balaban J connectivity index is 1.38. The van der Waals surface area contributed by atoms with E-state index >= 15 is 0 Å².